The molecule has 1 aliphatic heterocycles. The minimum atomic E-state index is 0.336. The number of ether oxygens (including phenoxy) is 1. The highest BCUT2D eigenvalue weighted by atomic mass is 35.5. The minimum Gasteiger partial charge on any atom is -0.381 e. The van der Waals surface area contributed by atoms with Crippen molar-refractivity contribution in [3.63, 3.8) is 0 Å². The average Bonchev–Trinajstić information content (AvgIpc) is 2.35. The lowest BCUT2D eigenvalue weighted by Gasteiger charge is -2.26. The van der Waals surface area contributed by atoms with Crippen LogP contribution in [0.5, 0.6) is 0 Å². The predicted octanol–water partition coefficient (Wildman–Crippen LogP) is 1.53. The lowest BCUT2D eigenvalue weighted by molar-refractivity contribution is 0.0398. The molecule has 1 aromatic rings. The van der Waals surface area contributed by atoms with E-state index in [1.54, 1.807) is 6.07 Å². The maximum atomic E-state index is 5.89. The first-order chi connectivity index (χ1) is 8.25. The fourth-order valence-corrected chi connectivity index (χ4v) is 1.96. The van der Waals surface area contributed by atoms with Gasteiger partial charge in [0.25, 0.3) is 0 Å². The zero-order valence-corrected chi connectivity index (χ0v) is 10.8. The Hall–Kier alpha value is -0.620. The molecular formula is C10H14Cl2N4O. The van der Waals surface area contributed by atoms with E-state index in [1.807, 2.05) is 0 Å². The van der Waals surface area contributed by atoms with Gasteiger partial charge in [0.05, 0.1) is 18.9 Å². The van der Waals surface area contributed by atoms with E-state index in [9.17, 15) is 0 Å². The van der Waals surface area contributed by atoms with Crippen molar-refractivity contribution in [2.24, 2.45) is 0 Å². The summed E-state index contributed by atoms with van der Waals surface area (Å²) >= 11 is 11.6. The van der Waals surface area contributed by atoms with Crippen molar-refractivity contribution in [3.8, 4) is 0 Å². The number of hydrogen-bond acceptors (Lipinski definition) is 5. The van der Waals surface area contributed by atoms with Gasteiger partial charge in [-0.25, -0.2) is 0 Å². The zero-order chi connectivity index (χ0) is 12.1. The number of anilines is 1. The minimum absolute atomic E-state index is 0.336. The van der Waals surface area contributed by atoms with Crippen LogP contribution in [-0.4, -0.2) is 54.5 Å². The SMILES string of the molecule is Clc1cc(NCCN2CCOCC2)c(Cl)nn1. The topological polar surface area (TPSA) is 50.3 Å². The van der Waals surface area contributed by atoms with Gasteiger partial charge < -0.3 is 10.1 Å². The molecular weight excluding hydrogens is 263 g/mol. The van der Waals surface area contributed by atoms with Crippen molar-refractivity contribution < 1.29 is 4.74 Å². The molecule has 1 aromatic heterocycles. The summed E-state index contributed by atoms with van der Waals surface area (Å²) in [6.07, 6.45) is 0. The first kappa shape index (κ1) is 12.8. The molecule has 17 heavy (non-hydrogen) atoms. The first-order valence-corrected chi connectivity index (χ1v) is 6.24. The molecule has 94 valence electrons. The molecule has 0 spiro atoms. The number of rotatable bonds is 4. The van der Waals surface area contributed by atoms with Crippen LogP contribution in [0.15, 0.2) is 6.07 Å². The quantitative estimate of drug-likeness (QED) is 0.904. The third-order valence-corrected chi connectivity index (χ3v) is 3.03. The van der Waals surface area contributed by atoms with Crippen LogP contribution in [0.3, 0.4) is 0 Å². The number of aromatic nitrogens is 2. The molecule has 7 heteroatoms. The van der Waals surface area contributed by atoms with E-state index in [2.05, 4.69) is 20.4 Å². The van der Waals surface area contributed by atoms with Crippen LogP contribution in [0.25, 0.3) is 0 Å². The van der Waals surface area contributed by atoms with Gasteiger partial charge in [-0.3, -0.25) is 4.90 Å². The normalized spacial score (nSPS) is 17.1. The van der Waals surface area contributed by atoms with Gasteiger partial charge in [0.2, 0.25) is 0 Å². The third kappa shape index (κ3) is 3.96. The summed E-state index contributed by atoms with van der Waals surface area (Å²) in [6.45, 7) is 5.31. The van der Waals surface area contributed by atoms with Gasteiger partial charge in [0.15, 0.2) is 10.3 Å². The van der Waals surface area contributed by atoms with Gasteiger partial charge in [-0.15, -0.1) is 10.2 Å². The number of nitrogens with one attached hydrogen (secondary N) is 1. The van der Waals surface area contributed by atoms with Gasteiger partial charge in [0.1, 0.15) is 0 Å². The van der Waals surface area contributed by atoms with Crippen molar-refractivity contribution >= 4 is 28.9 Å². The summed E-state index contributed by atoms with van der Waals surface area (Å²) in [7, 11) is 0. The number of hydrogen-bond donors (Lipinski definition) is 1. The Balaban J connectivity index is 1.79. The van der Waals surface area contributed by atoms with Gasteiger partial charge in [-0.05, 0) is 0 Å². The second-order valence-electron chi connectivity index (χ2n) is 3.75. The molecule has 1 saturated heterocycles. The van der Waals surface area contributed by atoms with Gasteiger partial charge in [0, 0.05) is 32.2 Å². The molecule has 2 rings (SSSR count). The molecule has 2 heterocycles. The molecule has 1 aliphatic rings. The molecule has 0 radical (unpaired) electrons. The maximum absolute atomic E-state index is 5.89. The predicted molar refractivity (Wildman–Crippen MR) is 67.8 cm³/mol. The fraction of sp³-hybridized carbons (Fsp3) is 0.600. The van der Waals surface area contributed by atoms with Crippen LogP contribution in [0, 0.1) is 0 Å². The Morgan fingerprint density at radius 3 is 2.82 bits per heavy atom. The Morgan fingerprint density at radius 1 is 1.29 bits per heavy atom. The molecule has 0 aromatic carbocycles. The average molecular weight is 277 g/mol. The van der Waals surface area contributed by atoms with Gasteiger partial charge in [-0.1, -0.05) is 23.2 Å². The number of nitrogens with zero attached hydrogens (tertiary/aromatic N) is 3. The van der Waals surface area contributed by atoms with Crippen LogP contribution in [0.1, 0.15) is 0 Å². The monoisotopic (exact) mass is 276 g/mol. The highest BCUT2D eigenvalue weighted by Crippen LogP contribution is 2.20. The molecule has 0 bridgehead atoms. The Morgan fingerprint density at radius 2 is 2.06 bits per heavy atom. The zero-order valence-electron chi connectivity index (χ0n) is 9.33. The van der Waals surface area contributed by atoms with E-state index in [0.29, 0.717) is 10.3 Å². The third-order valence-electron chi connectivity index (χ3n) is 2.57. The highest BCUT2D eigenvalue weighted by Gasteiger charge is 2.10. The Labute approximate surface area is 110 Å². The Bertz CT molecular complexity index is 371. The van der Waals surface area contributed by atoms with Crippen LogP contribution >= 0.6 is 23.2 Å². The van der Waals surface area contributed by atoms with E-state index >= 15 is 0 Å². The van der Waals surface area contributed by atoms with Crippen LogP contribution in [-0.2, 0) is 4.74 Å². The number of halogens is 2. The summed E-state index contributed by atoms with van der Waals surface area (Å²) in [5.41, 5.74) is 0.722. The lowest BCUT2D eigenvalue weighted by Crippen LogP contribution is -2.39. The Kier molecular flexibility index (Phi) is 4.79. The van der Waals surface area contributed by atoms with E-state index in [-0.39, 0.29) is 0 Å². The van der Waals surface area contributed by atoms with Gasteiger partial charge >= 0.3 is 0 Å². The summed E-state index contributed by atoms with van der Waals surface area (Å²) in [4.78, 5) is 2.33. The lowest BCUT2D eigenvalue weighted by atomic mass is 10.4. The van der Waals surface area contributed by atoms with Crippen LogP contribution in [0.2, 0.25) is 10.3 Å². The second-order valence-corrected chi connectivity index (χ2v) is 4.50. The molecule has 0 saturated carbocycles. The fourth-order valence-electron chi connectivity index (χ4n) is 1.65. The van der Waals surface area contributed by atoms with Crippen molar-refractivity contribution in [1.82, 2.24) is 15.1 Å². The smallest absolute Gasteiger partial charge is 0.174 e. The summed E-state index contributed by atoms with van der Waals surface area (Å²) in [5, 5.41) is 11.3. The van der Waals surface area contributed by atoms with Crippen molar-refractivity contribution in [3.05, 3.63) is 16.4 Å². The molecule has 5 nitrogen and oxygen atoms in total. The van der Waals surface area contributed by atoms with E-state index in [0.717, 1.165) is 45.1 Å². The molecule has 0 aliphatic carbocycles. The first-order valence-electron chi connectivity index (χ1n) is 5.48. The van der Waals surface area contributed by atoms with Gasteiger partial charge in [-0.2, -0.15) is 0 Å². The van der Waals surface area contributed by atoms with E-state index < -0.39 is 0 Å². The standard InChI is InChI=1S/C10H14Cl2N4O/c11-9-7-8(10(12)15-14-9)13-1-2-16-3-5-17-6-4-16/h7H,1-6H2,(H,13,14). The second kappa shape index (κ2) is 6.35. The van der Waals surface area contributed by atoms with E-state index in [1.165, 1.54) is 0 Å². The molecule has 0 amide bonds. The van der Waals surface area contributed by atoms with Crippen molar-refractivity contribution in [1.29, 1.82) is 0 Å². The van der Waals surface area contributed by atoms with Crippen LogP contribution < -0.4 is 5.32 Å². The van der Waals surface area contributed by atoms with Crippen molar-refractivity contribution in [2.75, 3.05) is 44.7 Å². The maximum Gasteiger partial charge on any atom is 0.174 e. The van der Waals surface area contributed by atoms with Crippen LogP contribution in [0.4, 0.5) is 5.69 Å². The molecule has 1 fully saturated rings. The summed E-state index contributed by atoms with van der Waals surface area (Å²) in [5.74, 6) is 0. The summed E-state index contributed by atoms with van der Waals surface area (Å²) < 4.78 is 5.28. The molecule has 1 N–H and O–H groups in total. The highest BCUT2D eigenvalue weighted by molar-refractivity contribution is 6.33. The summed E-state index contributed by atoms with van der Waals surface area (Å²) in [6, 6.07) is 1.68. The molecule has 0 atom stereocenters. The number of morpholine rings is 1. The van der Waals surface area contributed by atoms with Crippen molar-refractivity contribution in [2.45, 2.75) is 0 Å². The van der Waals surface area contributed by atoms with E-state index in [4.69, 9.17) is 27.9 Å². The molecule has 0 unspecified atom stereocenters. The largest absolute Gasteiger partial charge is 0.381 e.